The number of hydrogen-bond acceptors (Lipinski definition) is 3. The quantitative estimate of drug-likeness (QED) is 0.888. The number of aromatic nitrogens is 1. The molecule has 0 aliphatic heterocycles. The van der Waals surface area contributed by atoms with E-state index in [0.717, 1.165) is 31.2 Å². The summed E-state index contributed by atoms with van der Waals surface area (Å²) >= 11 is 0. The maximum absolute atomic E-state index is 12.2. The van der Waals surface area contributed by atoms with Crippen molar-refractivity contribution in [3.8, 4) is 0 Å². The molecule has 1 saturated carbocycles. The Morgan fingerprint density at radius 3 is 2.57 bits per heavy atom. The number of carbonyl (C=O) groups excluding carboxylic acids is 2. The van der Waals surface area contributed by atoms with E-state index in [1.54, 1.807) is 12.3 Å². The van der Waals surface area contributed by atoms with Crippen molar-refractivity contribution in [2.45, 2.75) is 51.5 Å². The van der Waals surface area contributed by atoms with Crippen LogP contribution in [-0.4, -0.2) is 22.8 Å². The molecule has 21 heavy (non-hydrogen) atoms. The molecule has 2 rings (SSSR count). The van der Waals surface area contributed by atoms with E-state index in [1.807, 2.05) is 6.07 Å². The Labute approximate surface area is 125 Å². The summed E-state index contributed by atoms with van der Waals surface area (Å²) in [6, 6.07) is 3.47. The minimum Gasteiger partial charge on any atom is -0.369 e. The molecule has 1 aromatic rings. The van der Waals surface area contributed by atoms with Crippen LogP contribution in [-0.2, 0) is 4.79 Å². The van der Waals surface area contributed by atoms with Gasteiger partial charge in [-0.15, -0.1) is 0 Å². The maximum atomic E-state index is 12.2. The van der Waals surface area contributed by atoms with Crippen LogP contribution in [0.4, 0.5) is 0 Å². The molecule has 2 unspecified atom stereocenters. The van der Waals surface area contributed by atoms with Gasteiger partial charge in [-0.05, 0) is 30.4 Å². The molecule has 3 N–H and O–H groups in total. The first-order chi connectivity index (χ1) is 9.99. The third kappa shape index (κ3) is 3.80. The summed E-state index contributed by atoms with van der Waals surface area (Å²) in [5, 5.41) is 2.91. The summed E-state index contributed by atoms with van der Waals surface area (Å²) in [6.45, 7) is 4.16. The lowest BCUT2D eigenvalue weighted by Crippen LogP contribution is -2.47. The summed E-state index contributed by atoms with van der Waals surface area (Å²) in [7, 11) is 0. The molecule has 2 amide bonds. The van der Waals surface area contributed by atoms with Gasteiger partial charge in [0.05, 0.1) is 5.92 Å². The van der Waals surface area contributed by atoms with Gasteiger partial charge in [0.15, 0.2) is 0 Å². The van der Waals surface area contributed by atoms with Crippen LogP contribution < -0.4 is 11.1 Å². The molecule has 0 spiro atoms. The van der Waals surface area contributed by atoms with Crippen molar-refractivity contribution in [1.82, 2.24) is 10.3 Å². The fraction of sp³-hybridized carbons (Fsp3) is 0.562. The second-order valence-corrected chi connectivity index (χ2v) is 6.00. The highest BCUT2D eigenvalue weighted by molar-refractivity contribution is 5.93. The normalized spacial score (nSPS) is 22.0. The van der Waals surface area contributed by atoms with E-state index in [0.29, 0.717) is 11.6 Å². The molecule has 0 saturated heterocycles. The monoisotopic (exact) mass is 289 g/mol. The number of hydrogen-bond donors (Lipinski definition) is 2. The molecule has 1 fully saturated rings. The Kier molecular flexibility index (Phi) is 4.94. The number of nitrogens with two attached hydrogens (primary N) is 1. The molecule has 1 aliphatic carbocycles. The molecule has 114 valence electrons. The Hall–Kier alpha value is -1.91. The van der Waals surface area contributed by atoms with Crippen LogP contribution >= 0.6 is 0 Å². The van der Waals surface area contributed by atoms with Crippen molar-refractivity contribution < 1.29 is 9.59 Å². The first-order valence-electron chi connectivity index (χ1n) is 7.55. The predicted molar refractivity (Wildman–Crippen MR) is 80.7 cm³/mol. The maximum Gasteiger partial charge on any atom is 0.270 e. The van der Waals surface area contributed by atoms with Gasteiger partial charge in [0.2, 0.25) is 5.91 Å². The molecule has 0 aromatic carbocycles. The van der Waals surface area contributed by atoms with Crippen LogP contribution in [0.25, 0.3) is 0 Å². The van der Waals surface area contributed by atoms with Crippen molar-refractivity contribution in [2.24, 2.45) is 11.7 Å². The zero-order valence-corrected chi connectivity index (χ0v) is 12.6. The molecule has 2 atom stereocenters. The van der Waals surface area contributed by atoms with Crippen molar-refractivity contribution in [3.05, 3.63) is 29.6 Å². The number of carbonyl (C=O) groups is 2. The van der Waals surface area contributed by atoms with Crippen LogP contribution in [0.5, 0.6) is 0 Å². The second kappa shape index (κ2) is 6.70. The van der Waals surface area contributed by atoms with Gasteiger partial charge < -0.3 is 11.1 Å². The summed E-state index contributed by atoms with van der Waals surface area (Å²) in [5.41, 5.74) is 6.90. The highest BCUT2D eigenvalue weighted by Gasteiger charge is 2.30. The van der Waals surface area contributed by atoms with E-state index < -0.39 is 0 Å². The smallest absolute Gasteiger partial charge is 0.270 e. The number of primary amides is 1. The molecule has 5 nitrogen and oxygen atoms in total. The molecule has 1 aromatic heterocycles. The lowest BCUT2D eigenvalue weighted by molar-refractivity contribution is -0.123. The summed E-state index contributed by atoms with van der Waals surface area (Å²) in [5.74, 6) is -0.448. The van der Waals surface area contributed by atoms with Crippen molar-refractivity contribution in [2.75, 3.05) is 0 Å². The van der Waals surface area contributed by atoms with E-state index in [9.17, 15) is 9.59 Å². The average molecular weight is 289 g/mol. The summed E-state index contributed by atoms with van der Waals surface area (Å²) in [4.78, 5) is 27.9. The van der Waals surface area contributed by atoms with E-state index in [4.69, 9.17) is 5.73 Å². The van der Waals surface area contributed by atoms with Crippen molar-refractivity contribution in [3.63, 3.8) is 0 Å². The number of nitrogens with zero attached hydrogens (tertiary/aromatic N) is 1. The lowest BCUT2D eigenvalue weighted by Gasteiger charge is -2.29. The van der Waals surface area contributed by atoms with Crippen molar-refractivity contribution in [1.29, 1.82) is 0 Å². The van der Waals surface area contributed by atoms with Gasteiger partial charge in [0.1, 0.15) is 5.69 Å². The van der Waals surface area contributed by atoms with Gasteiger partial charge in [-0.1, -0.05) is 32.8 Å². The summed E-state index contributed by atoms with van der Waals surface area (Å²) < 4.78 is 0. The van der Waals surface area contributed by atoms with E-state index in [1.165, 1.54) is 0 Å². The minimum absolute atomic E-state index is 0.171. The number of rotatable bonds is 4. The Morgan fingerprint density at radius 1 is 1.29 bits per heavy atom. The van der Waals surface area contributed by atoms with E-state index in [-0.39, 0.29) is 23.8 Å². The Balaban J connectivity index is 2.04. The van der Waals surface area contributed by atoms with Crippen LogP contribution in [0.15, 0.2) is 18.3 Å². The fourth-order valence-electron chi connectivity index (χ4n) is 2.77. The Bertz CT molecular complexity index is 511. The van der Waals surface area contributed by atoms with Gasteiger partial charge in [-0.3, -0.25) is 14.6 Å². The first kappa shape index (κ1) is 15.5. The van der Waals surface area contributed by atoms with Gasteiger partial charge >= 0.3 is 0 Å². The number of amides is 2. The first-order valence-corrected chi connectivity index (χ1v) is 7.55. The zero-order chi connectivity index (χ0) is 15.4. The van der Waals surface area contributed by atoms with E-state index in [2.05, 4.69) is 24.1 Å². The predicted octanol–water partition coefficient (Wildman–Crippen LogP) is 1.98. The number of pyridine rings is 1. The van der Waals surface area contributed by atoms with Crippen LogP contribution in [0.2, 0.25) is 0 Å². The topological polar surface area (TPSA) is 85.1 Å². The second-order valence-electron chi connectivity index (χ2n) is 6.00. The zero-order valence-electron chi connectivity index (χ0n) is 12.6. The third-order valence-corrected chi connectivity index (χ3v) is 4.13. The molecule has 1 heterocycles. The largest absolute Gasteiger partial charge is 0.369 e. The molecular formula is C16H23N3O2. The SMILES string of the molecule is CC(C)c1ccc(C(=O)NC2CCCCC2C(N)=O)nc1. The third-order valence-electron chi connectivity index (χ3n) is 4.13. The van der Waals surface area contributed by atoms with Gasteiger partial charge in [-0.25, -0.2) is 0 Å². The van der Waals surface area contributed by atoms with Crippen LogP contribution in [0, 0.1) is 5.92 Å². The minimum atomic E-state index is -0.330. The highest BCUT2D eigenvalue weighted by Crippen LogP contribution is 2.24. The summed E-state index contributed by atoms with van der Waals surface area (Å²) in [6.07, 6.45) is 5.27. The van der Waals surface area contributed by atoms with E-state index >= 15 is 0 Å². The lowest BCUT2D eigenvalue weighted by atomic mass is 9.84. The highest BCUT2D eigenvalue weighted by atomic mass is 16.2. The molecule has 5 heteroatoms. The van der Waals surface area contributed by atoms with Gasteiger partial charge in [0.25, 0.3) is 5.91 Å². The molecule has 0 bridgehead atoms. The fourth-order valence-corrected chi connectivity index (χ4v) is 2.77. The molecule has 1 aliphatic rings. The van der Waals surface area contributed by atoms with Crippen LogP contribution in [0.1, 0.15) is 61.5 Å². The average Bonchev–Trinajstić information content (AvgIpc) is 2.47. The van der Waals surface area contributed by atoms with Gasteiger partial charge in [-0.2, -0.15) is 0 Å². The Morgan fingerprint density at radius 2 is 2.00 bits per heavy atom. The molecular weight excluding hydrogens is 266 g/mol. The number of nitrogens with one attached hydrogen (secondary N) is 1. The van der Waals surface area contributed by atoms with Crippen LogP contribution in [0.3, 0.4) is 0 Å². The molecule has 0 radical (unpaired) electrons. The standard InChI is InChI=1S/C16H23N3O2/c1-10(2)11-7-8-14(18-9-11)16(21)19-13-6-4-3-5-12(13)15(17)20/h7-10,12-13H,3-6H2,1-2H3,(H2,17,20)(H,19,21). The van der Waals surface area contributed by atoms with Crippen molar-refractivity contribution >= 4 is 11.8 Å². The van der Waals surface area contributed by atoms with Gasteiger partial charge in [0, 0.05) is 12.2 Å².